The van der Waals surface area contributed by atoms with Gasteiger partial charge in [-0.15, -0.1) is 0 Å². The summed E-state index contributed by atoms with van der Waals surface area (Å²) in [6.07, 6.45) is 4.74. The molecule has 1 aliphatic carbocycles. The minimum absolute atomic E-state index is 0.143. The van der Waals surface area contributed by atoms with Crippen LogP contribution in [0, 0.1) is 5.92 Å². The molecule has 0 spiro atoms. The van der Waals surface area contributed by atoms with Gasteiger partial charge in [-0.05, 0) is 18.8 Å². The third-order valence-corrected chi connectivity index (χ3v) is 6.08. The maximum absolute atomic E-state index is 12.4. The molecule has 1 atom stereocenters. The smallest absolute Gasteiger partial charge is 0.306 e. The molecule has 1 unspecified atom stereocenters. The first kappa shape index (κ1) is 15.7. The van der Waals surface area contributed by atoms with Crippen LogP contribution in [-0.2, 0) is 19.6 Å². The summed E-state index contributed by atoms with van der Waals surface area (Å²) in [6.45, 7) is 0.786. The summed E-state index contributed by atoms with van der Waals surface area (Å²) in [5.74, 6) is -0.497. The van der Waals surface area contributed by atoms with Crippen molar-refractivity contribution in [1.82, 2.24) is 4.31 Å². The Morgan fingerprint density at radius 2 is 1.95 bits per heavy atom. The summed E-state index contributed by atoms with van der Waals surface area (Å²) >= 11 is 0. The number of ether oxygens (including phenoxy) is 1. The van der Waals surface area contributed by atoms with Crippen LogP contribution in [0.15, 0.2) is 0 Å². The molecule has 0 bridgehead atoms. The number of morpholine rings is 1. The SMILES string of the molecule is O=C(O)CC1CN(S(=O)(=O)CC2CCCCC2)CCO1. The van der Waals surface area contributed by atoms with Crippen LogP contribution in [0.2, 0.25) is 0 Å². The summed E-state index contributed by atoms with van der Waals surface area (Å²) in [5.41, 5.74) is 0. The van der Waals surface area contributed by atoms with Crippen LogP contribution >= 0.6 is 0 Å². The molecule has 1 heterocycles. The fourth-order valence-electron chi connectivity index (χ4n) is 3.02. The van der Waals surface area contributed by atoms with Gasteiger partial charge < -0.3 is 9.84 Å². The van der Waals surface area contributed by atoms with E-state index in [1.807, 2.05) is 0 Å². The van der Waals surface area contributed by atoms with Crippen molar-refractivity contribution in [2.45, 2.75) is 44.6 Å². The van der Waals surface area contributed by atoms with E-state index < -0.39 is 22.1 Å². The highest BCUT2D eigenvalue weighted by Crippen LogP contribution is 2.26. The predicted octanol–water partition coefficient (Wildman–Crippen LogP) is 1.07. The third kappa shape index (κ3) is 4.43. The van der Waals surface area contributed by atoms with Crippen molar-refractivity contribution in [3.63, 3.8) is 0 Å². The summed E-state index contributed by atoms with van der Waals surface area (Å²) in [4.78, 5) is 10.7. The zero-order chi connectivity index (χ0) is 14.6. The fourth-order valence-corrected chi connectivity index (χ4v) is 4.91. The second kappa shape index (κ2) is 6.87. The van der Waals surface area contributed by atoms with Crippen LogP contribution in [0.4, 0.5) is 0 Å². The van der Waals surface area contributed by atoms with Crippen molar-refractivity contribution in [3.05, 3.63) is 0 Å². The third-order valence-electron chi connectivity index (χ3n) is 4.07. The van der Waals surface area contributed by atoms with Crippen LogP contribution in [0.5, 0.6) is 0 Å². The Morgan fingerprint density at radius 3 is 2.60 bits per heavy atom. The van der Waals surface area contributed by atoms with Gasteiger partial charge in [0.1, 0.15) is 0 Å². The first-order valence-corrected chi connectivity index (χ1v) is 8.89. The number of aliphatic carboxylic acids is 1. The highest BCUT2D eigenvalue weighted by atomic mass is 32.2. The van der Waals surface area contributed by atoms with Crippen molar-refractivity contribution in [1.29, 1.82) is 0 Å². The molecule has 1 saturated carbocycles. The van der Waals surface area contributed by atoms with Crippen molar-refractivity contribution in [2.24, 2.45) is 5.92 Å². The molecule has 20 heavy (non-hydrogen) atoms. The number of carboxylic acids is 1. The minimum atomic E-state index is -3.29. The predicted molar refractivity (Wildman–Crippen MR) is 73.9 cm³/mol. The Balaban J connectivity index is 1.92. The van der Waals surface area contributed by atoms with Gasteiger partial charge in [-0.25, -0.2) is 8.42 Å². The first-order chi connectivity index (χ1) is 9.47. The Bertz CT molecular complexity index is 430. The van der Waals surface area contributed by atoms with Crippen molar-refractivity contribution < 1.29 is 23.1 Å². The minimum Gasteiger partial charge on any atom is -0.481 e. The van der Waals surface area contributed by atoms with E-state index in [1.54, 1.807) is 0 Å². The molecule has 0 radical (unpaired) electrons. The molecule has 116 valence electrons. The van der Waals surface area contributed by atoms with E-state index in [-0.39, 0.29) is 31.2 Å². The first-order valence-electron chi connectivity index (χ1n) is 7.28. The van der Waals surface area contributed by atoms with Gasteiger partial charge in [0, 0.05) is 13.1 Å². The van der Waals surface area contributed by atoms with Crippen molar-refractivity contribution in [3.8, 4) is 0 Å². The molecule has 0 amide bonds. The fraction of sp³-hybridized carbons (Fsp3) is 0.923. The molecular formula is C13H23NO5S. The highest BCUT2D eigenvalue weighted by molar-refractivity contribution is 7.89. The Labute approximate surface area is 120 Å². The molecule has 0 aromatic carbocycles. The van der Waals surface area contributed by atoms with Gasteiger partial charge in [0.25, 0.3) is 0 Å². The normalized spacial score (nSPS) is 26.5. The average Bonchev–Trinajstić information content (AvgIpc) is 2.39. The number of hydrogen-bond acceptors (Lipinski definition) is 4. The van der Waals surface area contributed by atoms with Crippen LogP contribution in [0.1, 0.15) is 38.5 Å². The van der Waals surface area contributed by atoms with E-state index in [0.717, 1.165) is 25.7 Å². The Morgan fingerprint density at radius 1 is 1.25 bits per heavy atom. The monoisotopic (exact) mass is 305 g/mol. The van der Waals surface area contributed by atoms with Gasteiger partial charge in [0.05, 0.1) is 24.9 Å². The number of carboxylic acid groups (broad SMARTS) is 1. The van der Waals surface area contributed by atoms with Crippen LogP contribution in [0.25, 0.3) is 0 Å². The molecule has 0 aromatic heterocycles. The summed E-state index contributed by atoms with van der Waals surface area (Å²) < 4.78 is 31.5. The number of hydrogen-bond donors (Lipinski definition) is 1. The van der Waals surface area contributed by atoms with E-state index in [0.29, 0.717) is 6.54 Å². The quantitative estimate of drug-likeness (QED) is 0.821. The van der Waals surface area contributed by atoms with E-state index >= 15 is 0 Å². The average molecular weight is 305 g/mol. The van der Waals surface area contributed by atoms with Gasteiger partial charge >= 0.3 is 5.97 Å². The summed E-state index contributed by atoms with van der Waals surface area (Å²) in [7, 11) is -3.29. The van der Waals surface area contributed by atoms with Crippen LogP contribution in [0.3, 0.4) is 0 Å². The van der Waals surface area contributed by atoms with Gasteiger partial charge in [-0.3, -0.25) is 4.79 Å². The molecule has 1 aliphatic heterocycles. The maximum atomic E-state index is 12.4. The lowest BCUT2D eigenvalue weighted by molar-refractivity contribution is -0.141. The molecule has 1 saturated heterocycles. The van der Waals surface area contributed by atoms with Crippen molar-refractivity contribution in [2.75, 3.05) is 25.4 Å². The molecule has 2 aliphatic rings. The molecule has 6 nitrogen and oxygen atoms in total. The second-order valence-electron chi connectivity index (χ2n) is 5.73. The molecule has 1 N–H and O–H groups in total. The molecule has 2 fully saturated rings. The zero-order valence-corrected chi connectivity index (χ0v) is 12.5. The molecule has 7 heteroatoms. The van der Waals surface area contributed by atoms with E-state index in [2.05, 4.69) is 0 Å². The largest absolute Gasteiger partial charge is 0.481 e. The molecule has 0 aromatic rings. The van der Waals surface area contributed by atoms with Crippen molar-refractivity contribution >= 4 is 16.0 Å². The van der Waals surface area contributed by atoms with Gasteiger partial charge in [0.15, 0.2) is 0 Å². The lowest BCUT2D eigenvalue weighted by Crippen LogP contribution is -2.47. The Hall–Kier alpha value is -0.660. The number of rotatable bonds is 5. The topological polar surface area (TPSA) is 83.9 Å². The molecular weight excluding hydrogens is 282 g/mol. The maximum Gasteiger partial charge on any atom is 0.306 e. The summed E-state index contributed by atoms with van der Waals surface area (Å²) in [6, 6.07) is 0. The summed E-state index contributed by atoms with van der Waals surface area (Å²) in [5, 5.41) is 8.77. The van der Waals surface area contributed by atoms with Crippen LogP contribution in [-0.4, -0.2) is 55.4 Å². The molecule has 2 rings (SSSR count). The van der Waals surface area contributed by atoms with E-state index in [4.69, 9.17) is 9.84 Å². The lowest BCUT2D eigenvalue weighted by atomic mass is 9.91. The van der Waals surface area contributed by atoms with Crippen LogP contribution < -0.4 is 0 Å². The van der Waals surface area contributed by atoms with Gasteiger partial charge in [-0.2, -0.15) is 4.31 Å². The number of carbonyl (C=O) groups is 1. The van der Waals surface area contributed by atoms with Gasteiger partial charge in [-0.1, -0.05) is 19.3 Å². The van der Waals surface area contributed by atoms with Gasteiger partial charge in [0.2, 0.25) is 10.0 Å². The highest BCUT2D eigenvalue weighted by Gasteiger charge is 2.32. The zero-order valence-electron chi connectivity index (χ0n) is 11.7. The second-order valence-corrected chi connectivity index (χ2v) is 7.74. The standard InChI is InChI=1S/C13H23NO5S/c15-13(16)8-12-9-14(6-7-19-12)20(17,18)10-11-4-2-1-3-5-11/h11-12H,1-10H2,(H,15,16). The van der Waals surface area contributed by atoms with E-state index in [1.165, 1.54) is 10.7 Å². The number of sulfonamides is 1. The van der Waals surface area contributed by atoms with E-state index in [9.17, 15) is 13.2 Å². The Kier molecular flexibility index (Phi) is 5.40. The number of nitrogens with zero attached hydrogens (tertiary/aromatic N) is 1. The lowest BCUT2D eigenvalue weighted by Gasteiger charge is -2.33.